The van der Waals surface area contributed by atoms with Crippen LogP contribution in [0.4, 0.5) is 5.69 Å². The van der Waals surface area contributed by atoms with Gasteiger partial charge in [0.05, 0.1) is 6.42 Å². The third-order valence-electron chi connectivity index (χ3n) is 4.60. The number of benzene rings is 1. The molecule has 3 atom stereocenters. The minimum Gasteiger partial charge on any atom is -0.456 e. The maximum absolute atomic E-state index is 12.0. The average Bonchev–Trinajstić information content (AvgIpc) is 2.79. The molecule has 0 aliphatic heterocycles. The quantitative estimate of drug-likeness (QED) is 0.450. The lowest BCUT2D eigenvalue weighted by Gasteiger charge is -2.17. The van der Waals surface area contributed by atoms with Crippen LogP contribution >= 0.6 is 0 Å². The first-order valence-electron chi connectivity index (χ1n) is 8.43. The molecule has 0 saturated heterocycles. The topological polar surface area (TPSA) is 116 Å². The lowest BCUT2D eigenvalue weighted by molar-refractivity contribution is -0.490. The average molecular weight is 362 g/mol. The van der Waals surface area contributed by atoms with Crippen LogP contribution in [0.15, 0.2) is 24.3 Å². The molecule has 0 spiro atoms. The van der Waals surface area contributed by atoms with Crippen LogP contribution in [-0.2, 0) is 19.1 Å². The van der Waals surface area contributed by atoms with Gasteiger partial charge < -0.3 is 10.1 Å². The molecule has 1 fully saturated rings. The molecule has 8 nitrogen and oxygen atoms in total. The van der Waals surface area contributed by atoms with Gasteiger partial charge in [-0.2, -0.15) is 0 Å². The molecule has 1 aromatic rings. The molecule has 1 aromatic carbocycles. The highest BCUT2D eigenvalue weighted by Gasteiger charge is 2.44. The first-order valence-corrected chi connectivity index (χ1v) is 8.43. The smallest absolute Gasteiger partial charge is 0.307 e. The first kappa shape index (κ1) is 19.6. The highest BCUT2D eigenvalue weighted by molar-refractivity contribution is 5.93. The number of nitro groups is 1. The van der Waals surface area contributed by atoms with Gasteiger partial charge in [0.1, 0.15) is 5.78 Å². The van der Waals surface area contributed by atoms with Crippen LogP contribution in [0.25, 0.3) is 0 Å². The maximum atomic E-state index is 12.0. The number of hydrogen-bond acceptors (Lipinski definition) is 6. The molecule has 2 rings (SSSR count). The third kappa shape index (κ3) is 5.37. The van der Waals surface area contributed by atoms with Gasteiger partial charge in [0.25, 0.3) is 5.91 Å². The minimum absolute atomic E-state index is 0.143. The minimum atomic E-state index is -0.720. The Hall–Kier alpha value is -2.77. The summed E-state index contributed by atoms with van der Waals surface area (Å²) in [4.78, 5) is 46.1. The Morgan fingerprint density at radius 1 is 1.38 bits per heavy atom. The fraction of sp³-hybridized carbons (Fsp3) is 0.500. The van der Waals surface area contributed by atoms with Crippen LogP contribution < -0.4 is 5.32 Å². The largest absolute Gasteiger partial charge is 0.456 e. The summed E-state index contributed by atoms with van der Waals surface area (Å²) in [6, 6.07) is 7.17. The van der Waals surface area contributed by atoms with E-state index in [0.717, 1.165) is 5.56 Å². The van der Waals surface area contributed by atoms with Crippen LogP contribution in [-0.4, -0.2) is 35.7 Å². The summed E-state index contributed by atoms with van der Waals surface area (Å²) in [5.41, 5.74) is 1.57. The molecular weight excluding hydrogens is 340 g/mol. The van der Waals surface area contributed by atoms with Gasteiger partial charge >= 0.3 is 5.97 Å². The molecule has 1 saturated carbocycles. The van der Waals surface area contributed by atoms with Crippen LogP contribution in [0.1, 0.15) is 25.3 Å². The summed E-state index contributed by atoms with van der Waals surface area (Å²) in [6.07, 6.45) is -0.0102. The van der Waals surface area contributed by atoms with Crippen LogP contribution in [0.3, 0.4) is 0 Å². The lowest BCUT2D eigenvalue weighted by Crippen LogP contribution is -2.28. The van der Waals surface area contributed by atoms with Gasteiger partial charge in [-0.15, -0.1) is 0 Å². The van der Waals surface area contributed by atoms with Crippen molar-refractivity contribution in [3.8, 4) is 0 Å². The van der Waals surface area contributed by atoms with Crippen molar-refractivity contribution in [2.24, 2.45) is 17.8 Å². The third-order valence-corrected chi connectivity index (χ3v) is 4.60. The van der Waals surface area contributed by atoms with Crippen molar-refractivity contribution in [1.82, 2.24) is 0 Å². The Labute approximate surface area is 151 Å². The number of amides is 1. The van der Waals surface area contributed by atoms with E-state index in [0.29, 0.717) is 5.69 Å². The number of nitrogens with one attached hydrogen (secondary N) is 1. The molecule has 0 bridgehead atoms. The van der Waals surface area contributed by atoms with E-state index in [1.54, 1.807) is 25.1 Å². The number of anilines is 1. The number of nitrogens with zero attached hydrogens (tertiary/aromatic N) is 1. The van der Waals surface area contributed by atoms with Gasteiger partial charge in [0, 0.05) is 28.9 Å². The number of carbonyl (C=O) groups is 3. The van der Waals surface area contributed by atoms with Gasteiger partial charge in [0.15, 0.2) is 6.61 Å². The van der Waals surface area contributed by atoms with Gasteiger partial charge in [-0.05, 0) is 30.5 Å². The predicted molar refractivity (Wildman–Crippen MR) is 93.0 cm³/mol. The van der Waals surface area contributed by atoms with Crippen molar-refractivity contribution in [1.29, 1.82) is 0 Å². The summed E-state index contributed by atoms with van der Waals surface area (Å²) < 4.78 is 4.93. The number of Topliss-reactive ketones (excluding diaryl/α,β-unsaturated/α-hetero) is 1. The van der Waals surface area contributed by atoms with Crippen molar-refractivity contribution >= 4 is 23.3 Å². The Bertz CT molecular complexity index is 717. The molecule has 1 aliphatic rings. The lowest BCUT2D eigenvalue weighted by atomic mass is 9.88. The molecule has 0 aromatic heterocycles. The van der Waals surface area contributed by atoms with Crippen molar-refractivity contribution < 1.29 is 24.0 Å². The number of rotatable bonds is 7. The van der Waals surface area contributed by atoms with Gasteiger partial charge in [-0.3, -0.25) is 24.5 Å². The van der Waals surface area contributed by atoms with E-state index in [9.17, 15) is 24.5 Å². The van der Waals surface area contributed by atoms with Crippen molar-refractivity contribution in [2.45, 2.75) is 26.7 Å². The summed E-state index contributed by atoms with van der Waals surface area (Å²) >= 11 is 0. The molecule has 0 unspecified atom stereocenters. The van der Waals surface area contributed by atoms with Crippen molar-refractivity contribution in [2.75, 3.05) is 18.5 Å². The zero-order valence-electron chi connectivity index (χ0n) is 14.8. The Balaban J connectivity index is 1.84. The zero-order chi connectivity index (χ0) is 19.3. The molecule has 8 heteroatoms. The molecule has 0 radical (unpaired) electrons. The summed E-state index contributed by atoms with van der Waals surface area (Å²) in [5, 5.41) is 13.4. The monoisotopic (exact) mass is 362 g/mol. The molecule has 1 amide bonds. The molecule has 1 aliphatic carbocycles. The van der Waals surface area contributed by atoms with Crippen molar-refractivity contribution in [3.63, 3.8) is 0 Å². The van der Waals surface area contributed by atoms with Gasteiger partial charge in [0.2, 0.25) is 6.54 Å². The second-order valence-electron chi connectivity index (χ2n) is 6.72. The standard InChI is InChI=1S/C18H22N2O6/c1-11-4-3-5-13(6-11)19-17(22)10-26-18(23)8-14-15(9-20(24)25)12(2)7-16(14)21/h3-6,12,14-15H,7-10H2,1-2H3,(H,19,22)/t12-,14+,15+/m1/s1. The molecule has 1 N–H and O–H groups in total. The fourth-order valence-corrected chi connectivity index (χ4v) is 3.30. The Morgan fingerprint density at radius 2 is 2.12 bits per heavy atom. The SMILES string of the molecule is Cc1cccc(NC(=O)COC(=O)C[C@@H]2C(=O)C[C@@H](C)[C@@H]2C[N+](=O)[O-])c1. The zero-order valence-corrected chi connectivity index (χ0v) is 14.8. The number of esters is 1. The first-order chi connectivity index (χ1) is 12.3. The number of hydrogen-bond donors (Lipinski definition) is 1. The summed E-state index contributed by atoms with van der Waals surface area (Å²) in [7, 11) is 0. The molecule has 0 heterocycles. The number of ether oxygens (including phenoxy) is 1. The Morgan fingerprint density at radius 3 is 2.77 bits per heavy atom. The highest BCUT2D eigenvalue weighted by Crippen LogP contribution is 2.36. The summed E-state index contributed by atoms with van der Waals surface area (Å²) in [6.45, 7) is 2.84. The van der Waals surface area contributed by atoms with E-state index in [4.69, 9.17) is 4.74 Å². The number of ketones is 1. The fourth-order valence-electron chi connectivity index (χ4n) is 3.30. The molecular formula is C18H22N2O6. The maximum Gasteiger partial charge on any atom is 0.307 e. The predicted octanol–water partition coefficient (Wildman–Crippen LogP) is 1.98. The molecule has 26 heavy (non-hydrogen) atoms. The van der Waals surface area contributed by atoms with E-state index < -0.39 is 35.2 Å². The second kappa shape index (κ2) is 8.55. The van der Waals surface area contributed by atoms with E-state index in [1.807, 2.05) is 13.0 Å². The second-order valence-corrected chi connectivity index (χ2v) is 6.72. The van der Waals surface area contributed by atoms with Crippen LogP contribution in [0.5, 0.6) is 0 Å². The van der Waals surface area contributed by atoms with E-state index in [2.05, 4.69) is 5.32 Å². The van der Waals surface area contributed by atoms with Gasteiger partial charge in [-0.1, -0.05) is 19.1 Å². The number of aryl methyl sites for hydroxylation is 1. The van der Waals surface area contributed by atoms with Gasteiger partial charge in [-0.25, -0.2) is 0 Å². The van der Waals surface area contributed by atoms with E-state index in [1.165, 1.54) is 0 Å². The number of carbonyl (C=O) groups excluding carboxylic acids is 3. The summed E-state index contributed by atoms with van der Waals surface area (Å²) in [5.74, 6) is -2.70. The Kier molecular flexibility index (Phi) is 6.43. The normalized spacial score (nSPS) is 22.1. The van der Waals surface area contributed by atoms with E-state index >= 15 is 0 Å². The highest BCUT2D eigenvalue weighted by atomic mass is 16.6. The molecule has 140 valence electrons. The van der Waals surface area contributed by atoms with Crippen LogP contribution in [0, 0.1) is 34.8 Å². The van der Waals surface area contributed by atoms with Crippen LogP contribution in [0.2, 0.25) is 0 Å². The van der Waals surface area contributed by atoms with E-state index in [-0.39, 0.29) is 31.1 Å². The van der Waals surface area contributed by atoms with Crippen molar-refractivity contribution in [3.05, 3.63) is 39.9 Å².